The number of carboxylic acid groups (broad SMARTS) is 1. The number of carboxylic acids is 1. The van der Waals surface area contributed by atoms with Crippen LogP contribution < -0.4 is 14.4 Å². The van der Waals surface area contributed by atoms with E-state index >= 15 is 0 Å². The summed E-state index contributed by atoms with van der Waals surface area (Å²) in [7, 11) is -4.74. The molecule has 18 heteroatoms. The number of nitrogens with one attached hydrogen (secondary N) is 1. The van der Waals surface area contributed by atoms with Crippen LogP contribution in [-0.4, -0.2) is 59.8 Å². The summed E-state index contributed by atoms with van der Waals surface area (Å²) in [6.07, 6.45) is -7.05. The molecule has 2 aromatic rings. The third kappa shape index (κ3) is 6.46. The number of fused-ring (bicyclic) bond motifs is 1. The van der Waals surface area contributed by atoms with Crippen LogP contribution in [0, 0.1) is 5.92 Å². The number of sulfonamides is 1. The summed E-state index contributed by atoms with van der Waals surface area (Å²) in [6.45, 7) is -1.09. The van der Waals surface area contributed by atoms with Crippen molar-refractivity contribution in [3.05, 3.63) is 29.5 Å². The fourth-order valence-corrected chi connectivity index (χ4v) is 5.34. The van der Waals surface area contributed by atoms with Crippen molar-refractivity contribution in [3.8, 4) is 5.75 Å². The molecule has 1 aliphatic rings. The average Bonchev–Trinajstić information content (AvgIpc) is 3.20. The number of carbonyl (C=O) groups is 2. The van der Waals surface area contributed by atoms with Gasteiger partial charge in [0.2, 0.25) is 5.60 Å². The van der Waals surface area contributed by atoms with E-state index in [1.807, 2.05) is 0 Å². The lowest BCUT2D eigenvalue weighted by Crippen LogP contribution is -2.45. The molecule has 1 aromatic heterocycles. The highest BCUT2D eigenvalue weighted by molar-refractivity contribution is 7.93. The normalized spacial score (nSPS) is 16.9. The van der Waals surface area contributed by atoms with Crippen LogP contribution in [0.25, 0.3) is 0 Å². The number of ether oxygens (including phenoxy) is 2. The first-order valence-corrected chi connectivity index (χ1v) is 12.8. The van der Waals surface area contributed by atoms with E-state index in [1.165, 1.54) is 19.1 Å². The summed E-state index contributed by atoms with van der Waals surface area (Å²) >= 11 is 5.84. The fraction of sp³-hybridized carbons (Fsp3) is 0.476. The summed E-state index contributed by atoms with van der Waals surface area (Å²) in [5, 5.41) is 13.8. The summed E-state index contributed by atoms with van der Waals surface area (Å²) in [6, 6.07) is 3.40. The molecular weight excluding hydrogens is 583 g/mol. The third-order valence-electron chi connectivity index (χ3n) is 5.63. The van der Waals surface area contributed by atoms with Gasteiger partial charge in [-0.15, -0.1) is 0 Å². The van der Waals surface area contributed by atoms with Crippen LogP contribution in [0.2, 0.25) is 5.15 Å². The second kappa shape index (κ2) is 10.7. The monoisotopic (exact) mass is 604 g/mol. The molecule has 0 saturated heterocycles. The van der Waals surface area contributed by atoms with E-state index < -0.39 is 69.0 Å². The number of anilines is 2. The fourth-order valence-electron chi connectivity index (χ4n) is 3.41. The molecule has 11 nitrogen and oxygen atoms in total. The van der Waals surface area contributed by atoms with Crippen LogP contribution in [0.4, 0.5) is 38.1 Å². The number of rotatable bonds is 8. The highest BCUT2D eigenvalue weighted by atomic mass is 35.5. The molecule has 1 aliphatic heterocycles. The van der Waals surface area contributed by atoms with Crippen LogP contribution in [0.15, 0.2) is 29.3 Å². The Labute approximate surface area is 223 Å². The number of halogens is 6. The lowest BCUT2D eigenvalue weighted by Gasteiger charge is -2.36. The molecule has 0 unspecified atom stereocenters. The van der Waals surface area contributed by atoms with Gasteiger partial charge in [-0.25, -0.2) is 17.9 Å². The van der Waals surface area contributed by atoms with Crippen LogP contribution in [0.3, 0.4) is 0 Å². The topological polar surface area (TPSA) is 140 Å². The van der Waals surface area contributed by atoms with E-state index in [9.17, 15) is 45.1 Å². The van der Waals surface area contributed by atoms with E-state index in [1.54, 1.807) is 0 Å². The molecule has 1 aromatic carbocycles. The molecule has 0 bridgehead atoms. The zero-order chi connectivity index (χ0) is 29.5. The van der Waals surface area contributed by atoms with Gasteiger partial charge >= 0.3 is 24.8 Å². The largest absolute Gasteiger partial charge is 0.486 e. The molecule has 0 spiro atoms. The van der Waals surface area contributed by atoms with Crippen LogP contribution in [0.1, 0.15) is 33.7 Å². The summed E-state index contributed by atoms with van der Waals surface area (Å²) in [5.41, 5.74) is -3.30. The standard InChI is InChI=1S/C21H22ClF5N4O7S/c1-10(17(32)33)6-12-8-31(39(35,36)15-9-30(18(23)24)29-16(15)22)13-7-11(4-5-14(13)37-12)28-19(34)38-20(2,3)21(25,26)27/h4-5,7,9-10,12,18H,6,8H2,1-3H3,(H,28,34)(H,32,33)/t10-,12-/m0/s1. The van der Waals surface area contributed by atoms with Gasteiger partial charge in [-0.3, -0.25) is 14.4 Å². The smallest absolute Gasteiger partial charge is 0.427 e. The molecule has 2 N–H and O–H groups in total. The number of hydrogen-bond acceptors (Lipinski definition) is 7. The Kier molecular flexibility index (Phi) is 8.27. The predicted molar refractivity (Wildman–Crippen MR) is 126 cm³/mol. The number of alkyl halides is 5. The Bertz CT molecular complexity index is 1370. The van der Waals surface area contributed by atoms with Crippen molar-refractivity contribution in [2.24, 2.45) is 5.92 Å². The Morgan fingerprint density at radius 1 is 1.31 bits per heavy atom. The van der Waals surface area contributed by atoms with E-state index in [-0.39, 0.29) is 28.2 Å². The van der Waals surface area contributed by atoms with Gasteiger partial charge in [0.15, 0.2) is 5.15 Å². The Hall–Kier alpha value is -3.34. The van der Waals surface area contributed by atoms with Crippen LogP contribution >= 0.6 is 11.6 Å². The van der Waals surface area contributed by atoms with Gasteiger partial charge in [0.25, 0.3) is 10.0 Å². The van der Waals surface area contributed by atoms with Crippen molar-refractivity contribution in [1.29, 1.82) is 0 Å². The minimum Gasteiger partial charge on any atom is -0.486 e. The van der Waals surface area contributed by atoms with Crippen LogP contribution in [-0.2, 0) is 19.6 Å². The Balaban J connectivity index is 2.01. The second-order valence-corrected chi connectivity index (χ2v) is 11.2. The first-order valence-electron chi connectivity index (χ1n) is 11.0. The van der Waals surface area contributed by atoms with Crippen molar-refractivity contribution in [3.63, 3.8) is 0 Å². The Morgan fingerprint density at radius 3 is 2.49 bits per heavy atom. The minimum absolute atomic E-state index is 0.0247. The highest BCUT2D eigenvalue weighted by Gasteiger charge is 2.51. The molecule has 0 saturated carbocycles. The number of aromatic nitrogens is 2. The molecule has 3 rings (SSSR count). The number of aliphatic carboxylic acids is 1. The molecule has 0 fully saturated rings. The molecular formula is C21H22ClF5N4O7S. The maximum Gasteiger partial charge on any atom is 0.427 e. The highest BCUT2D eigenvalue weighted by Crippen LogP contribution is 2.41. The van der Waals surface area contributed by atoms with Gasteiger partial charge < -0.3 is 14.6 Å². The third-order valence-corrected chi connectivity index (χ3v) is 7.80. The first kappa shape index (κ1) is 30.2. The minimum atomic E-state index is -4.89. The number of benzene rings is 1. The number of hydrogen-bond donors (Lipinski definition) is 2. The molecule has 0 radical (unpaired) electrons. The van der Waals surface area contributed by atoms with Gasteiger partial charge in [-0.2, -0.15) is 27.1 Å². The summed E-state index contributed by atoms with van der Waals surface area (Å²) in [4.78, 5) is 22.7. The van der Waals surface area contributed by atoms with Gasteiger partial charge in [-0.1, -0.05) is 18.5 Å². The maximum absolute atomic E-state index is 13.5. The van der Waals surface area contributed by atoms with Gasteiger partial charge in [-0.05, 0) is 38.5 Å². The van der Waals surface area contributed by atoms with Crippen molar-refractivity contribution in [2.45, 2.75) is 56.5 Å². The molecule has 0 aliphatic carbocycles. The summed E-state index contributed by atoms with van der Waals surface area (Å²) < 4.78 is 103. The van der Waals surface area contributed by atoms with Gasteiger partial charge in [0.1, 0.15) is 16.7 Å². The van der Waals surface area contributed by atoms with Crippen molar-refractivity contribution >= 4 is 45.1 Å². The van der Waals surface area contributed by atoms with E-state index in [0.29, 0.717) is 24.3 Å². The zero-order valence-electron chi connectivity index (χ0n) is 20.4. The molecule has 2 heterocycles. The van der Waals surface area contributed by atoms with Crippen LogP contribution in [0.5, 0.6) is 5.75 Å². The quantitative estimate of drug-likeness (QED) is 0.406. The Morgan fingerprint density at radius 2 is 1.95 bits per heavy atom. The molecule has 1 amide bonds. The van der Waals surface area contributed by atoms with E-state index in [0.717, 1.165) is 6.07 Å². The van der Waals surface area contributed by atoms with Gasteiger partial charge in [0, 0.05) is 5.69 Å². The number of amides is 1. The van der Waals surface area contributed by atoms with E-state index in [4.69, 9.17) is 16.3 Å². The SMILES string of the molecule is C[C@@H](C[C@H]1CN(S(=O)(=O)c2cn(C(F)F)nc2Cl)c2cc(NC(=O)OC(C)(C)C(F)(F)F)ccc2O1)C(=O)O. The lowest BCUT2D eigenvalue weighted by atomic mass is 10.0. The van der Waals surface area contributed by atoms with Crippen molar-refractivity contribution < 1.29 is 54.5 Å². The van der Waals surface area contributed by atoms with Crippen molar-refractivity contribution in [2.75, 3.05) is 16.2 Å². The predicted octanol–water partition coefficient (Wildman–Crippen LogP) is 4.89. The zero-order valence-corrected chi connectivity index (χ0v) is 21.9. The molecule has 39 heavy (non-hydrogen) atoms. The number of carbonyl (C=O) groups excluding carboxylic acids is 1. The second-order valence-electron chi connectivity index (χ2n) is 9.00. The number of nitrogens with zero attached hydrogens (tertiary/aromatic N) is 3. The molecule has 216 valence electrons. The molecule has 2 atom stereocenters. The summed E-state index contributed by atoms with van der Waals surface area (Å²) in [5.74, 6) is -2.25. The van der Waals surface area contributed by atoms with Crippen molar-refractivity contribution in [1.82, 2.24) is 9.78 Å². The van der Waals surface area contributed by atoms with E-state index in [2.05, 4.69) is 15.2 Å². The first-order chi connectivity index (χ1) is 17.8. The van der Waals surface area contributed by atoms with Gasteiger partial charge in [0.05, 0.1) is 24.3 Å². The average molecular weight is 605 g/mol. The maximum atomic E-state index is 13.5. The lowest BCUT2D eigenvalue weighted by molar-refractivity contribution is -0.242.